The van der Waals surface area contributed by atoms with Crippen molar-refractivity contribution in [2.24, 2.45) is 0 Å². The number of nitrogens with zero attached hydrogens (tertiary/aromatic N) is 1. The fraction of sp³-hybridized carbons (Fsp3) is 0.833. The Kier molecular flexibility index (Phi) is 3.87. The van der Waals surface area contributed by atoms with Crippen molar-refractivity contribution in [3.63, 3.8) is 0 Å². The van der Waals surface area contributed by atoms with Gasteiger partial charge in [-0.2, -0.15) is 0 Å². The first kappa shape index (κ1) is 13.3. The molecule has 6 heteroatoms. The molecule has 2 fully saturated rings. The van der Waals surface area contributed by atoms with Crippen molar-refractivity contribution >= 4 is 11.9 Å². The van der Waals surface area contributed by atoms with Crippen LogP contribution in [0.25, 0.3) is 0 Å². The highest BCUT2D eigenvalue weighted by molar-refractivity contribution is 5.84. The fourth-order valence-electron chi connectivity index (χ4n) is 2.38. The molecule has 2 aliphatic heterocycles. The molecule has 0 radical (unpaired) electrons. The second kappa shape index (κ2) is 5.24. The van der Waals surface area contributed by atoms with Crippen LogP contribution in [0.5, 0.6) is 0 Å². The van der Waals surface area contributed by atoms with E-state index in [0.29, 0.717) is 13.0 Å². The minimum Gasteiger partial charge on any atom is -0.480 e. The van der Waals surface area contributed by atoms with Gasteiger partial charge < -0.3 is 20.1 Å². The summed E-state index contributed by atoms with van der Waals surface area (Å²) in [7, 11) is 0. The first-order valence-electron chi connectivity index (χ1n) is 6.39. The van der Waals surface area contributed by atoms with Crippen molar-refractivity contribution in [3.05, 3.63) is 0 Å². The molecule has 0 aromatic heterocycles. The molecule has 18 heavy (non-hydrogen) atoms. The number of aliphatic carboxylic acids is 1. The van der Waals surface area contributed by atoms with E-state index in [4.69, 9.17) is 9.84 Å². The summed E-state index contributed by atoms with van der Waals surface area (Å²) in [5, 5.41) is 12.2. The molecule has 0 unspecified atom stereocenters. The largest absolute Gasteiger partial charge is 0.480 e. The van der Waals surface area contributed by atoms with Gasteiger partial charge in [0.05, 0.1) is 5.60 Å². The smallest absolute Gasteiger partial charge is 0.326 e. The summed E-state index contributed by atoms with van der Waals surface area (Å²) in [6.07, 6.45) is 2.28. The summed E-state index contributed by atoms with van der Waals surface area (Å²) in [5.74, 6) is -1.13. The van der Waals surface area contributed by atoms with Crippen LogP contribution in [0.2, 0.25) is 0 Å². The predicted molar refractivity (Wildman–Crippen MR) is 64.2 cm³/mol. The van der Waals surface area contributed by atoms with Gasteiger partial charge in [0.2, 0.25) is 5.91 Å². The van der Waals surface area contributed by atoms with E-state index < -0.39 is 12.0 Å². The van der Waals surface area contributed by atoms with Crippen LogP contribution in [0.4, 0.5) is 0 Å². The lowest BCUT2D eigenvalue weighted by atomic mass is 10.00. The van der Waals surface area contributed by atoms with Crippen LogP contribution in [-0.2, 0) is 14.3 Å². The van der Waals surface area contributed by atoms with E-state index in [-0.39, 0.29) is 18.1 Å². The number of carbonyl (C=O) groups is 2. The fourth-order valence-corrected chi connectivity index (χ4v) is 2.38. The maximum Gasteiger partial charge on any atom is 0.326 e. The quantitative estimate of drug-likeness (QED) is 0.730. The van der Waals surface area contributed by atoms with E-state index in [1.807, 2.05) is 6.92 Å². The Balaban J connectivity index is 1.87. The SMILES string of the molecule is CC1(OCC(=O)N2CCCC[C@H]2C(=O)O)CNC1. The number of nitrogens with one attached hydrogen (secondary N) is 1. The number of carboxylic acids is 1. The first-order chi connectivity index (χ1) is 8.52. The third-order valence-corrected chi connectivity index (χ3v) is 3.65. The maximum absolute atomic E-state index is 12.0. The van der Waals surface area contributed by atoms with Gasteiger partial charge >= 0.3 is 5.97 Å². The number of ether oxygens (including phenoxy) is 1. The highest BCUT2D eigenvalue weighted by atomic mass is 16.5. The van der Waals surface area contributed by atoms with Crippen molar-refractivity contribution in [1.82, 2.24) is 10.2 Å². The molecule has 2 N–H and O–H groups in total. The van der Waals surface area contributed by atoms with Crippen LogP contribution < -0.4 is 5.32 Å². The normalized spacial score (nSPS) is 26.5. The zero-order valence-electron chi connectivity index (χ0n) is 10.6. The van der Waals surface area contributed by atoms with Crippen molar-refractivity contribution in [2.45, 2.75) is 37.8 Å². The molecule has 2 heterocycles. The van der Waals surface area contributed by atoms with Crippen LogP contribution in [0, 0.1) is 0 Å². The standard InChI is InChI=1S/C12H20N2O4/c1-12(7-13-8-12)18-6-10(15)14-5-3-2-4-9(14)11(16)17/h9,13H,2-8H2,1H3,(H,16,17)/t9-/m0/s1. The topological polar surface area (TPSA) is 78.9 Å². The molecular weight excluding hydrogens is 236 g/mol. The van der Waals surface area contributed by atoms with Crippen LogP contribution in [0.3, 0.4) is 0 Å². The van der Waals surface area contributed by atoms with Gasteiger partial charge in [-0.1, -0.05) is 0 Å². The van der Waals surface area contributed by atoms with Gasteiger partial charge in [-0.15, -0.1) is 0 Å². The molecule has 0 aromatic rings. The molecule has 2 aliphatic rings. The summed E-state index contributed by atoms with van der Waals surface area (Å²) in [6.45, 7) is 3.92. The van der Waals surface area contributed by atoms with Crippen LogP contribution in [0.1, 0.15) is 26.2 Å². The van der Waals surface area contributed by atoms with E-state index in [9.17, 15) is 9.59 Å². The summed E-state index contributed by atoms with van der Waals surface area (Å²) in [6, 6.07) is -0.679. The summed E-state index contributed by atoms with van der Waals surface area (Å²) in [5.41, 5.74) is -0.274. The molecule has 0 aromatic carbocycles. The summed E-state index contributed by atoms with van der Waals surface area (Å²) >= 11 is 0. The molecule has 1 amide bonds. The van der Waals surface area contributed by atoms with Crippen molar-refractivity contribution in [1.29, 1.82) is 0 Å². The highest BCUT2D eigenvalue weighted by Crippen LogP contribution is 2.19. The molecule has 102 valence electrons. The second-order valence-corrected chi connectivity index (χ2v) is 5.28. The zero-order valence-corrected chi connectivity index (χ0v) is 10.6. The van der Waals surface area contributed by atoms with Gasteiger partial charge in [0, 0.05) is 19.6 Å². The van der Waals surface area contributed by atoms with E-state index in [0.717, 1.165) is 25.9 Å². The van der Waals surface area contributed by atoms with Crippen LogP contribution in [0.15, 0.2) is 0 Å². The molecular formula is C12H20N2O4. The van der Waals surface area contributed by atoms with Crippen molar-refractivity contribution in [3.8, 4) is 0 Å². The van der Waals surface area contributed by atoms with E-state index >= 15 is 0 Å². The monoisotopic (exact) mass is 256 g/mol. The van der Waals surface area contributed by atoms with Crippen molar-refractivity contribution in [2.75, 3.05) is 26.2 Å². The van der Waals surface area contributed by atoms with Crippen LogP contribution in [-0.4, -0.2) is 59.8 Å². The number of likely N-dealkylation sites (tertiary alicyclic amines) is 1. The number of rotatable bonds is 4. The Morgan fingerprint density at radius 3 is 2.72 bits per heavy atom. The Hall–Kier alpha value is -1.14. The predicted octanol–water partition coefficient (Wildman–Crippen LogP) is -0.169. The molecule has 2 rings (SSSR count). The Morgan fingerprint density at radius 2 is 2.17 bits per heavy atom. The van der Waals surface area contributed by atoms with Gasteiger partial charge in [0.15, 0.2) is 0 Å². The van der Waals surface area contributed by atoms with Crippen LogP contribution >= 0.6 is 0 Å². The molecule has 6 nitrogen and oxygen atoms in total. The molecule has 0 spiro atoms. The summed E-state index contributed by atoms with van der Waals surface area (Å²) < 4.78 is 5.56. The minimum atomic E-state index is -0.917. The number of hydrogen-bond donors (Lipinski definition) is 2. The lowest BCUT2D eigenvalue weighted by molar-refractivity contribution is -0.158. The van der Waals surface area contributed by atoms with Gasteiger partial charge in [0.25, 0.3) is 0 Å². The number of amides is 1. The first-order valence-corrected chi connectivity index (χ1v) is 6.39. The number of carbonyl (C=O) groups excluding carboxylic acids is 1. The molecule has 2 saturated heterocycles. The third kappa shape index (κ3) is 2.81. The van der Waals surface area contributed by atoms with Gasteiger partial charge in [-0.25, -0.2) is 4.79 Å². The number of piperidine rings is 1. The number of carboxylic acid groups (broad SMARTS) is 1. The third-order valence-electron chi connectivity index (χ3n) is 3.65. The highest BCUT2D eigenvalue weighted by Gasteiger charge is 2.36. The van der Waals surface area contributed by atoms with Gasteiger partial charge in [-0.3, -0.25) is 4.79 Å². The van der Waals surface area contributed by atoms with Crippen molar-refractivity contribution < 1.29 is 19.4 Å². The zero-order chi connectivity index (χ0) is 13.2. The van der Waals surface area contributed by atoms with E-state index in [1.165, 1.54) is 4.90 Å². The molecule has 1 atom stereocenters. The maximum atomic E-state index is 12.0. The lowest BCUT2D eigenvalue weighted by Crippen LogP contribution is -2.60. The average molecular weight is 256 g/mol. The second-order valence-electron chi connectivity index (χ2n) is 5.28. The molecule has 0 bridgehead atoms. The average Bonchev–Trinajstić information content (AvgIpc) is 2.33. The Bertz CT molecular complexity index is 341. The Labute approximate surface area is 106 Å². The van der Waals surface area contributed by atoms with E-state index in [2.05, 4.69) is 5.32 Å². The Morgan fingerprint density at radius 1 is 1.44 bits per heavy atom. The van der Waals surface area contributed by atoms with Gasteiger partial charge in [0.1, 0.15) is 12.6 Å². The molecule has 0 saturated carbocycles. The lowest BCUT2D eigenvalue weighted by Gasteiger charge is -2.40. The molecule has 0 aliphatic carbocycles. The minimum absolute atomic E-state index is 0.0258. The number of hydrogen-bond acceptors (Lipinski definition) is 4. The van der Waals surface area contributed by atoms with E-state index in [1.54, 1.807) is 0 Å². The summed E-state index contributed by atoms with van der Waals surface area (Å²) in [4.78, 5) is 24.6. The van der Waals surface area contributed by atoms with Gasteiger partial charge in [-0.05, 0) is 26.2 Å².